The van der Waals surface area contributed by atoms with Gasteiger partial charge in [-0.15, -0.1) is 16.4 Å². The Hall–Kier alpha value is -3.06. The van der Waals surface area contributed by atoms with Crippen molar-refractivity contribution in [3.8, 4) is 5.69 Å². The Labute approximate surface area is 141 Å². The highest BCUT2D eigenvalue weighted by Gasteiger charge is 2.11. The fraction of sp³-hybridized carbons (Fsp3) is 0.0588. The molecule has 1 amide bonds. The molecule has 0 saturated carbocycles. The summed E-state index contributed by atoms with van der Waals surface area (Å²) in [6, 6.07) is 13.6. The molecule has 0 aliphatic carbocycles. The molecule has 24 heavy (non-hydrogen) atoms. The third-order valence-electron chi connectivity index (χ3n) is 3.53. The van der Waals surface area contributed by atoms with Crippen molar-refractivity contribution in [2.45, 2.75) is 6.54 Å². The summed E-state index contributed by atoms with van der Waals surface area (Å²) in [7, 11) is 0. The van der Waals surface area contributed by atoms with Gasteiger partial charge in [-0.25, -0.2) is 4.68 Å². The number of rotatable bonds is 4. The first-order chi connectivity index (χ1) is 11.8. The van der Waals surface area contributed by atoms with E-state index in [0.717, 1.165) is 15.8 Å². The van der Waals surface area contributed by atoms with Crippen LogP contribution in [0, 0.1) is 0 Å². The first kappa shape index (κ1) is 14.5. The lowest BCUT2D eigenvalue weighted by atomic mass is 10.2. The number of thiophene rings is 1. The Balaban J connectivity index is 1.45. The van der Waals surface area contributed by atoms with Crippen LogP contribution in [0.4, 0.5) is 0 Å². The van der Waals surface area contributed by atoms with Crippen molar-refractivity contribution in [1.82, 2.24) is 25.3 Å². The van der Waals surface area contributed by atoms with Crippen LogP contribution >= 0.6 is 11.3 Å². The summed E-state index contributed by atoms with van der Waals surface area (Å²) in [6.45, 7) is 0.327. The Morgan fingerprint density at radius 3 is 2.96 bits per heavy atom. The van der Waals surface area contributed by atoms with Crippen molar-refractivity contribution in [3.63, 3.8) is 0 Å². The van der Waals surface area contributed by atoms with Gasteiger partial charge in [0.15, 0.2) is 0 Å². The minimum Gasteiger partial charge on any atom is -0.346 e. The third-order valence-corrected chi connectivity index (χ3v) is 4.65. The van der Waals surface area contributed by atoms with E-state index in [-0.39, 0.29) is 5.91 Å². The van der Waals surface area contributed by atoms with Gasteiger partial charge in [0.2, 0.25) is 0 Å². The van der Waals surface area contributed by atoms with E-state index in [0.29, 0.717) is 17.1 Å². The molecule has 7 heteroatoms. The monoisotopic (exact) mass is 335 g/mol. The molecule has 0 saturated heterocycles. The van der Waals surface area contributed by atoms with E-state index in [1.807, 2.05) is 42.5 Å². The highest BCUT2D eigenvalue weighted by molar-refractivity contribution is 7.20. The third kappa shape index (κ3) is 2.89. The van der Waals surface area contributed by atoms with Gasteiger partial charge in [0.1, 0.15) is 5.69 Å². The molecule has 4 rings (SSSR count). The lowest BCUT2D eigenvalue weighted by molar-refractivity contribution is 0.0954. The molecule has 0 spiro atoms. The summed E-state index contributed by atoms with van der Waals surface area (Å²) in [5, 5.41) is 12.1. The minimum absolute atomic E-state index is 0.105. The van der Waals surface area contributed by atoms with Crippen LogP contribution in [0.15, 0.2) is 61.1 Å². The summed E-state index contributed by atoms with van der Waals surface area (Å²) in [4.78, 5) is 17.0. The van der Waals surface area contributed by atoms with Crippen molar-refractivity contribution < 1.29 is 4.79 Å². The van der Waals surface area contributed by atoms with E-state index >= 15 is 0 Å². The van der Waals surface area contributed by atoms with E-state index in [2.05, 4.69) is 20.6 Å². The van der Waals surface area contributed by atoms with Gasteiger partial charge in [0.05, 0.1) is 29.5 Å². The largest absolute Gasteiger partial charge is 0.346 e. The molecule has 0 aliphatic rings. The van der Waals surface area contributed by atoms with E-state index < -0.39 is 0 Å². The standard InChI is InChI=1S/C17H13N5OS/c23-17(16-8-12-4-1-2-6-15(12)24-16)19-9-13-11-22(21-20-13)14-5-3-7-18-10-14/h1-8,10-11H,9H2,(H,19,23). The fourth-order valence-electron chi connectivity index (χ4n) is 2.35. The van der Waals surface area contributed by atoms with Gasteiger partial charge in [0.25, 0.3) is 5.91 Å². The van der Waals surface area contributed by atoms with Gasteiger partial charge in [-0.2, -0.15) is 0 Å². The van der Waals surface area contributed by atoms with Crippen molar-refractivity contribution in [1.29, 1.82) is 0 Å². The molecule has 6 nitrogen and oxygen atoms in total. The Bertz CT molecular complexity index is 959. The molecule has 3 aromatic heterocycles. The maximum atomic E-state index is 12.3. The van der Waals surface area contributed by atoms with Crippen molar-refractivity contribution in [2.75, 3.05) is 0 Å². The van der Waals surface area contributed by atoms with Crippen molar-refractivity contribution >= 4 is 27.3 Å². The molecule has 1 N–H and O–H groups in total. The predicted octanol–water partition coefficient (Wildman–Crippen LogP) is 2.81. The van der Waals surface area contributed by atoms with E-state index in [4.69, 9.17) is 0 Å². The van der Waals surface area contributed by atoms with Crippen LogP contribution in [-0.4, -0.2) is 25.9 Å². The molecule has 0 fully saturated rings. The molecule has 4 aromatic rings. The maximum absolute atomic E-state index is 12.3. The van der Waals surface area contributed by atoms with Gasteiger partial charge < -0.3 is 5.32 Å². The number of nitrogens with zero attached hydrogens (tertiary/aromatic N) is 4. The molecule has 0 radical (unpaired) electrons. The van der Waals surface area contributed by atoms with Gasteiger partial charge in [0, 0.05) is 10.9 Å². The highest BCUT2D eigenvalue weighted by Crippen LogP contribution is 2.25. The second-order valence-electron chi connectivity index (χ2n) is 5.20. The summed E-state index contributed by atoms with van der Waals surface area (Å²) >= 11 is 1.48. The number of amides is 1. The van der Waals surface area contributed by atoms with Gasteiger partial charge in [-0.1, -0.05) is 23.4 Å². The lowest BCUT2D eigenvalue weighted by Gasteiger charge is -2.00. The summed E-state index contributed by atoms with van der Waals surface area (Å²) < 4.78 is 2.73. The molecule has 0 atom stereocenters. The fourth-order valence-corrected chi connectivity index (χ4v) is 3.33. The maximum Gasteiger partial charge on any atom is 0.261 e. The number of hydrogen-bond acceptors (Lipinski definition) is 5. The van der Waals surface area contributed by atoms with Crippen LogP contribution in [0.5, 0.6) is 0 Å². The molecular weight excluding hydrogens is 322 g/mol. The van der Waals surface area contributed by atoms with E-state index in [9.17, 15) is 4.79 Å². The Morgan fingerprint density at radius 1 is 1.21 bits per heavy atom. The summed E-state index contributed by atoms with van der Waals surface area (Å²) in [5.41, 5.74) is 1.51. The quantitative estimate of drug-likeness (QED) is 0.622. The number of hydrogen-bond donors (Lipinski definition) is 1. The molecule has 3 heterocycles. The van der Waals surface area contributed by atoms with Gasteiger partial charge >= 0.3 is 0 Å². The number of benzene rings is 1. The van der Waals surface area contributed by atoms with Crippen LogP contribution in [0.25, 0.3) is 15.8 Å². The number of pyridine rings is 1. The van der Waals surface area contributed by atoms with Crippen LogP contribution in [0.1, 0.15) is 15.4 Å². The van der Waals surface area contributed by atoms with Gasteiger partial charge in [-0.3, -0.25) is 9.78 Å². The minimum atomic E-state index is -0.105. The zero-order valence-corrected chi connectivity index (χ0v) is 13.4. The average Bonchev–Trinajstić information content (AvgIpc) is 3.27. The topological polar surface area (TPSA) is 72.7 Å². The van der Waals surface area contributed by atoms with Crippen LogP contribution in [0.3, 0.4) is 0 Å². The molecular formula is C17H13N5OS. The predicted molar refractivity (Wildman–Crippen MR) is 92.1 cm³/mol. The SMILES string of the molecule is O=C(NCc1cn(-c2cccnc2)nn1)c1cc2ccccc2s1. The average molecular weight is 335 g/mol. The summed E-state index contributed by atoms with van der Waals surface area (Å²) in [6.07, 6.45) is 5.18. The Kier molecular flexibility index (Phi) is 3.76. The summed E-state index contributed by atoms with van der Waals surface area (Å²) in [5.74, 6) is -0.105. The Morgan fingerprint density at radius 2 is 2.12 bits per heavy atom. The molecule has 1 aromatic carbocycles. The van der Waals surface area contributed by atoms with Crippen molar-refractivity contribution in [3.05, 3.63) is 71.6 Å². The van der Waals surface area contributed by atoms with Crippen LogP contribution < -0.4 is 5.32 Å². The van der Waals surface area contributed by atoms with Crippen LogP contribution in [0.2, 0.25) is 0 Å². The first-order valence-corrected chi connectivity index (χ1v) is 8.20. The normalized spacial score (nSPS) is 10.8. The highest BCUT2D eigenvalue weighted by atomic mass is 32.1. The zero-order valence-electron chi connectivity index (χ0n) is 12.6. The first-order valence-electron chi connectivity index (χ1n) is 7.38. The molecule has 0 aliphatic heterocycles. The number of nitrogens with one attached hydrogen (secondary N) is 1. The molecule has 118 valence electrons. The smallest absolute Gasteiger partial charge is 0.261 e. The second kappa shape index (κ2) is 6.21. The number of fused-ring (bicyclic) bond motifs is 1. The van der Waals surface area contributed by atoms with Gasteiger partial charge in [-0.05, 0) is 29.7 Å². The number of carbonyl (C=O) groups is 1. The van der Waals surface area contributed by atoms with E-state index in [1.54, 1.807) is 23.3 Å². The number of aromatic nitrogens is 4. The molecule has 0 unspecified atom stereocenters. The zero-order chi connectivity index (χ0) is 16.4. The van der Waals surface area contributed by atoms with Crippen LogP contribution in [-0.2, 0) is 6.54 Å². The number of carbonyl (C=O) groups excluding carboxylic acids is 1. The van der Waals surface area contributed by atoms with Crippen molar-refractivity contribution in [2.24, 2.45) is 0 Å². The second-order valence-corrected chi connectivity index (χ2v) is 6.28. The lowest BCUT2D eigenvalue weighted by Crippen LogP contribution is -2.21. The van der Waals surface area contributed by atoms with E-state index in [1.165, 1.54) is 11.3 Å². The molecule has 0 bridgehead atoms.